The third-order valence-electron chi connectivity index (χ3n) is 2.25. The normalized spacial score (nSPS) is 13.8. The Hall–Kier alpha value is -1.41. The van der Waals surface area contributed by atoms with Crippen molar-refractivity contribution in [3.63, 3.8) is 0 Å². The number of aliphatic carboxylic acids is 1. The highest BCUT2D eigenvalue weighted by atomic mass is 32.2. The van der Waals surface area contributed by atoms with Crippen molar-refractivity contribution >= 4 is 16.0 Å². The Labute approximate surface area is 105 Å². The number of carbonyl (C=O) groups is 1. The largest absolute Gasteiger partial charge is 0.480 e. The number of carboxylic acids is 1. The van der Waals surface area contributed by atoms with Crippen molar-refractivity contribution in [2.24, 2.45) is 5.92 Å². The molecule has 1 heterocycles. The van der Waals surface area contributed by atoms with E-state index in [9.17, 15) is 13.2 Å². The Balaban J connectivity index is 2.78. The summed E-state index contributed by atoms with van der Waals surface area (Å²) in [7, 11) is -3.78. The quantitative estimate of drug-likeness (QED) is 0.783. The van der Waals surface area contributed by atoms with Crippen LogP contribution in [0.1, 0.15) is 25.3 Å². The predicted molar refractivity (Wildman–Crippen MR) is 63.3 cm³/mol. The van der Waals surface area contributed by atoms with E-state index in [1.165, 1.54) is 6.07 Å². The fourth-order valence-electron chi connectivity index (χ4n) is 1.38. The van der Waals surface area contributed by atoms with Gasteiger partial charge in [-0.2, -0.15) is 0 Å². The van der Waals surface area contributed by atoms with Crippen LogP contribution in [0.5, 0.6) is 0 Å². The molecule has 0 saturated heterocycles. The van der Waals surface area contributed by atoms with Gasteiger partial charge in [-0.1, -0.05) is 19.0 Å². The molecule has 0 bridgehead atoms. The molecule has 1 aromatic heterocycles. The Bertz CT molecular complexity index is 520. The zero-order chi connectivity index (χ0) is 13.9. The van der Waals surface area contributed by atoms with Gasteiger partial charge in [0.25, 0.3) is 0 Å². The van der Waals surface area contributed by atoms with Crippen molar-refractivity contribution in [3.8, 4) is 0 Å². The van der Waals surface area contributed by atoms with Gasteiger partial charge >= 0.3 is 5.97 Å². The number of aryl methyl sites for hydroxylation is 1. The number of carboxylic acid groups (broad SMARTS) is 1. The molecule has 1 aromatic rings. The van der Waals surface area contributed by atoms with Crippen molar-refractivity contribution in [1.29, 1.82) is 0 Å². The summed E-state index contributed by atoms with van der Waals surface area (Å²) in [5.41, 5.74) is 0.568. The number of nitrogens with zero attached hydrogens (tertiary/aromatic N) is 1. The van der Waals surface area contributed by atoms with E-state index in [-0.39, 0.29) is 11.7 Å². The number of nitrogens with one attached hydrogen (secondary N) is 1. The van der Waals surface area contributed by atoms with Crippen LogP contribution in [0.25, 0.3) is 0 Å². The maximum Gasteiger partial charge on any atom is 0.321 e. The van der Waals surface area contributed by atoms with Crippen LogP contribution < -0.4 is 4.72 Å². The summed E-state index contributed by atoms with van der Waals surface area (Å²) in [6.45, 7) is 4.92. The monoisotopic (exact) mass is 276 g/mol. The van der Waals surface area contributed by atoms with Gasteiger partial charge < -0.3 is 9.63 Å². The van der Waals surface area contributed by atoms with Crippen LogP contribution in [0.4, 0.5) is 0 Å². The van der Waals surface area contributed by atoms with E-state index in [1.807, 2.05) is 0 Å². The lowest BCUT2D eigenvalue weighted by atomic mass is 10.1. The molecule has 2 N–H and O–H groups in total. The first-order valence-corrected chi connectivity index (χ1v) is 7.01. The number of rotatable bonds is 6. The molecule has 1 rings (SSSR count). The highest BCUT2D eigenvalue weighted by Crippen LogP contribution is 2.09. The lowest BCUT2D eigenvalue weighted by molar-refractivity contribution is -0.140. The number of hydrogen-bond acceptors (Lipinski definition) is 5. The van der Waals surface area contributed by atoms with Crippen LogP contribution in [0, 0.1) is 12.8 Å². The molecule has 102 valence electrons. The zero-order valence-corrected chi connectivity index (χ0v) is 11.2. The fraction of sp³-hybridized carbons (Fsp3) is 0.600. The van der Waals surface area contributed by atoms with Crippen LogP contribution in [0.15, 0.2) is 10.6 Å². The van der Waals surface area contributed by atoms with Gasteiger partial charge in [0, 0.05) is 6.07 Å². The average Bonchev–Trinajstić information content (AvgIpc) is 2.58. The molecule has 0 saturated carbocycles. The van der Waals surface area contributed by atoms with Gasteiger partial charge in [0.1, 0.15) is 11.8 Å². The van der Waals surface area contributed by atoms with Crippen LogP contribution in [0.3, 0.4) is 0 Å². The molecule has 7 nitrogen and oxygen atoms in total. The summed E-state index contributed by atoms with van der Waals surface area (Å²) in [4.78, 5) is 10.9. The number of hydrogen-bond donors (Lipinski definition) is 2. The molecule has 0 unspecified atom stereocenters. The Morgan fingerprint density at radius 2 is 2.17 bits per heavy atom. The van der Waals surface area contributed by atoms with Gasteiger partial charge in [-0.3, -0.25) is 4.79 Å². The van der Waals surface area contributed by atoms with E-state index in [0.29, 0.717) is 5.69 Å². The van der Waals surface area contributed by atoms with E-state index in [4.69, 9.17) is 9.63 Å². The Morgan fingerprint density at radius 1 is 1.56 bits per heavy atom. The lowest BCUT2D eigenvalue weighted by Crippen LogP contribution is -2.44. The van der Waals surface area contributed by atoms with Gasteiger partial charge in [-0.15, -0.1) is 0 Å². The van der Waals surface area contributed by atoms with Crippen LogP contribution >= 0.6 is 0 Å². The summed E-state index contributed by atoms with van der Waals surface area (Å²) < 4.78 is 30.5. The highest BCUT2D eigenvalue weighted by Gasteiger charge is 2.27. The minimum Gasteiger partial charge on any atom is -0.480 e. The smallest absolute Gasteiger partial charge is 0.321 e. The molecule has 0 aliphatic carbocycles. The summed E-state index contributed by atoms with van der Waals surface area (Å²) in [5.74, 6) is -1.81. The first kappa shape index (κ1) is 14.7. The van der Waals surface area contributed by atoms with E-state index >= 15 is 0 Å². The maximum atomic E-state index is 11.8. The van der Waals surface area contributed by atoms with Crippen molar-refractivity contribution in [1.82, 2.24) is 9.88 Å². The van der Waals surface area contributed by atoms with E-state index in [2.05, 4.69) is 9.88 Å². The first-order chi connectivity index (χ1) is 8.21. The Kier molecular flexibility index (Phi) is 4.47. The molecular weight excluding hydrogens is 260 g/mol. The summed E-state index contributed by atoms with van der Waals surface area (Å²) in [6, 6.07) is 0.337. The molecule has 0 aromatic carbocycles. The second kappa shape index (κ2) is 5.49. The van der Waals surface area contributed by atoms with Gasteiger partial charge in [-0.05, 0) is 12.8 Å². The molecule has 8 heteroatoms. The lowest BCUT2D eigenvalue weighted by Gasteiger charge is -2.17. The van der Waals surface area contributed by atoms with Crippen LogP contribution in [0.2, 0.25) is 0 Å². The standard InChI is InChI=1S/C10H16N2O5S/c1-6(2)9(10(13)14)12-18(15,16)5-8-4-7(3)11-17-8/h4,6,9,12H,5H2,1-3H3,(H,13,14)/t9-/m0/s1. The molecule has 0 radical (unpaired) electrons. The van der Waals surface area contributed by atoms with Gasteiger partial charge in [-0.25, -0.2) is 13.1 Å². The number of aromatic nitrogens is 1. The van der Waals surface area contributed by atoms with Crippen LogP contribution in [-0.4, -0.2) is 30.7 Å². The molecular formula is C10H16N2O5S. The van der Waals surface area contributed by atoms with Gasteiger partial charge in [0.05, 0.1) is 5.69 Å². The topological polar surface area (TPSA) is 110 Å². The molecule has 0 spiro atoms. The summed E-state index contributed by atoms with van der Waals surface area (Å²) in [6.07, 6.45) is 0. The van der Waals surface area contributed by atoms with Crippen LogP contribution in [-0.2, 0) is 20.6 Å². The molecule has 1 atom stereocenters. The maximum absolute atomic E-state index is 11.8. The second-order valence-corrected chi connectivity index (χ2v) is 6.13. The molecule has 0 amide bonds. The minimum absolute atomic E-state index is 0.174. The minimum atomic E-state index is -3.78. The Morgan fingerprint density at radius 3 is 2.56 bits per heavy atom. The van der Waals surface area contributed by atoms with Crippen molar-refractivity contribution in [2.75, 3.05) is 0 Å². The van der Waals surface area contributed by atoms with Crippen molar-refractivity contribution < 1.29 is 22.8 Å². The van der Waals surface area contributed by atoms with Gasteiger partial charge in [0.2, 0.25) is 10.0 Å². The second-order valence-electron chi connectivity index (χ2n) is 4.37. The summed E-state index contributed by atoms with van der Waals surface area (Å²) >= 11 is 0. The van der Waals surface area contributed by atoms with E-state index in [1.54, 1.807) is 20.8 Å². The van der Waals surface area contributed by atoms with Crippen molar-refractivity contribution in [3.05, 3.63) is 17.5 Å². The van der Waals surface area contributed by atoms with Crippen molar-refractivity contribution in [2.45, 2.75) is 32.6 Å². The third kappa shape index (κ3) is 4.11. The molecule has 18 heavy (non-hydrogen) atoms. The highest BCUT2D eigenvalue weighted by molar-refractivity contribution is 7.88. The predicted octanol–water partition coefficient (Wildman–Crippen LogP) is 0.512. The first-order valence-electron chi connectivity index (χ1n) is 5.36. The number of sulfonamides is 1. The zero-order valence-electron chi connectivity index (χ0n) is 10.4. The van der Waals surface area contributed by atoms with Gasteiger partial charge in [0.15, 0.2) is 5.76 Å². The average molecular weight is 276 g/mol. The molecule has 0 fully saturated rings. The third-order valence-corrected chi connectivity index (χ3v) is 3.53. The summed E-state index contributed by atoms with van der Waals surface area (Å²) in [5, 5.41) is 12.5. The molecule has 0 aliphatic rings. The van der Waals surface area contributed by atoms with E-state index < -0.39 is 27.8 Å². The SMILES string of the molecule is Cc1cc(CS(=O)(=O)N[C@H](C(=O)O)C(C)C)on1. The van der Waals surface area contributed by atoms with E-state index in [0.717, 1.165) is 0 Å². The fourth-order valence-corrected chi connectivity index (χ4v) is 2.73. The molecule has 0 aliphatic heterocycles.